The molecule has 2 aromatic carbocycles. The van der Waals surface area contributed by atoms with Crippen molar-refractivity contribution in [3.8, 4) is 11.5 Å². The summed E-state index contributed by atoms with van der Waals surface area (Å²) in [6.45, 7) is 0. The van der Waals surface area contributed by atoms with Crippen LogP contribution in [0.3, 0.4) is 0 Å². The van der Waals surface area contributed by atoms with Gasteiger partial charge < -0.3 is 20.4 Å². The Hall–Kier alpha value is -3.76. The first kappa shape index (κ1) is 20.6. The van der Waals surface area contributed by atoms with Crippen molar-refractivity contribution in [2.45, 2.75) is 12.2 Å². The molecule has 2 atom stereocenters. The molecule has 0 bridgehead atoms. The summed E-state index contributed by atoms with van der Waals surface area (Å²) in [6.07, 6.45) is -1.64. The highest BCUT2D eigenvalue weighted by atomic mass is 16.3. The number of phenols is 2. The van der Waals surface area contributed by atoms with Crippen molar-refractivity contribution in [1.29, 1.82) is 0 Å². The van der Waals surface area contributed by atoms with Crippen molar-refractivity contribution in [3.63, 3.8) is 0 Å². The highest BCUT2D eigenvalue weighted by Crippen LogP contribution is 2.08. The second-order valence-electron chi connectivity index (χ2n) is 5.54. The number of rotatable bonds is 7. The number of amides is 2. The maximum Gasteiger partial charge on any atom is 0.272 e. The van der Waals surface area contributed by atoms with Crippen LogP contribution in [0, 0.1) is 0 Å². The van der Waals surface area contributed by atoms with Crippen LogP contribution in [0.5, 0.6) is 11.5 Å². The zero-order valence-electron chi connectivity index (χ0n) is 14.4. The van der Waals surface area contributed by atoms with Gasteiger partial charge in [0.2, 0.25) is 0 Å². The molecule has 0 fully saturated rings. The summed E-state index contributed by atoms with van der Waals surface area (Å²) < 4.78 is 0. The van der Waals surface area contributed by atoms with E-state index in [-0.39, 0.29) is 11.5 Å². The molecule has 0 aromatic heterocycles. The van der Waals surface area contributed by atoms with Crippen molar-refractivity contribution >= 4 is 24.2 Å². The van der Waals surface area contributed by atoms with E-state index in [2.05, 4.69) is 10.2 Å². The molecule has 2 amide bonds. The number of phenolic OH excluding ortho intramolecular Hbond substituents is 2. The van der Waals surface area contributed by atoms with Crippen LogP contribution in [-0.2, 0) is 9.59 Å². The number of hydrogen-bond donors (Lipinski definition) is 6. The molecule has 2 rings (SSSR count). The maximum absolute atomic E-state index is 11.7. The Kier molecular flexibility index (Phi) is 7.20. The number of nitrogens with zero attached hydrogens (tertiary/aromatic N) is 2. The fourth-order valence-corrected chi connectivity index (χ4v) is 1.88. The lowest BCUT2D eigenvalue weighted by molar-refractivity contribution is -0.146. The molecule has 28 heavy (non-hydrogen) atoms. The van der Waals surface area contributed by atoms with Crippen LogP contribution >= 0.6 is 0 Å². The van der Waals surface area contributed by atoms with Crippen LogP contribution in [-0.4, -0.2) is 56.9 Å². The number of benzene rings is 2. The van der Waals surface area contributed by atoms with Crippen LogP contribution in [0.4, 0.5) is 0 Å². The largest absolute Gasteiger partial charge is 0.508 e. The SMILES string of the molecule is O=C(N/N=C/c1ccc(O)cc1)[C@H](O)[C@@H](O)C(=O)N/N=C/c1ccc(O)cc1. The van der Waals surface area contributed by atoms with E-state index in [1.54, 1.807) is 0 Å². The van der Waals surface area contributed by atoms with E-state index in [0.717, 1.165) is 0 Å². The molecule has 0 radical (unpaired) electrons. The van der Waals surface area contributed by atoms with E-state index in [0.29, 0.717) is 11.1 Å². The third-order valence-corrected chi connectivity index (χ3v) is 3.40. The molecule has 0 heterocycles. The van der Waals surface area contributed by atoms with Crippen molar-refractivity contribution in [2.75, 3.05) is 0 Å². The Morgan fingerprint density at radius 1 is 0.714 bits per heavy atom. The van der Waals surface area contributed by atoms with Gasteiger partial charge in [-0.3, -0.25) is 9.59 Å². The van der Waals surface area contributed by atoms with Gasteiger partial charge >= 0.3 is 0 Å². The molecule has 0 aliphatic heterocycles. The number of carbonyl (C=O) groups is 2. The average Bonchev–Trinajstić information content (AvgIpc) is 2.69. The first-order chi connectivity index (χ1) is 13.4. The number of aliphatic hydroxyl groups is 2. The smallest absolute Gasteiger partial charge is 0.272 e. The first-order valence-corrected chi connectivity index (χ1v) is 7.97. The van der Waals surface area contributed by atoms with Gasteiger partial charge in [0, 0.05) is 0 Å². The molecular weight excluding hydrogens is 368 g/mol. The van der Waals surface area contributed by atoms with Crippen LogP contribution < -0.4 is 10.9 Å². The van der Waals surface area contributed by atoms with Crippen LogP contribution in [0.15, 0.2) is 58.7 Å². The Balaban J connectivity index is 1.83. The Morgan fingerprint density at radius 2 is 1.04 bits per heavy atom. The van der Waals surface area contributed by atoms with Gasteiger partial charge in [-0.25, -0.2) is 10.9 Å². The molecule has 0 saturated carbocycles. The van der Waals surface area contributed by atoms with E-state index in [9.17, 15) is 19.8 Å². The molecular formula is C18H18N4O6. The third kappa shape index (κ3) is 6.20. The molecule has 0 unspecified atom stereocenters. The lowest BCUT2D eigenvalue weighted by Crippen LogP contribution is -2.47. The number of carbonyl (C=O) groups excluding carboxylic acids is 2. The highest BCUT2D eigenvalue weighted by molar-refractivity contribution is 5.91. The predicted octanol–water partition coefficient (Wildman–Crippen LogP) is -0.580. The van der Waals surface area contributed by atoms with E-state index in [1.165, 1.54) is 61.0 Å². The zero-order valence-corrected chi connectivity index (χ0v) is 14.4. The summed E-state index contributed by atoms with van der Waals surface area (Å²) in [5.74, 6) is -2.06. The Labute approximate surface area is 159 Å². The minimum atomic E-state index is -2.07. The molecule has 6 N–H and O–H groups in total. The minimum absolute atomic E-state index is 0.0683. The highest BCUT2D eigenvalue weighted by Gasteiger charge is 2.30. The predicted molar refractivity (Wildman–Crippen MR) is 99.7 cm³/mol. The lowest BCUT2D eigenvalue weighted by Gasteiger charge is -2.14. The van der Waals surface area contributed by atoms with Gasteiger partial charge in [0.15, 0.2) is 12.2 Å². The fraction of sp³-hybridized carbons (Fsp3) is 0.111. The number of hydrogen-bond acceptors (Lipinski definition) is 8. The van der Waals surface area contributed by atoms with Crippen molar-refractivity contribution in [3.05, 3.63) is 59.7 Å². The molecule has 0 aliphatic rings. The van der Waals surface area contributed by atoms with Gasteiger partial charge in [0.05, 0.1) is 12.4 Å². The summed E-state index contributed by atoms with van der Waals surface area (Å²) in [7, 11) is 0. The van der Waals surface area contributed by atoms with E-state index in [4.69, 9.17) is 10.2 Å². The van der Waals surface area contributed by atoms with E-state index in [1.807, 2.05) is 10.9 Å². The van der Waals surface area contributed by atoms with Gasteiger partial charge in [-0.15, -0.1) is 0 Å². The Bertz CT molecular complexity index is 791. The lowest BCUT2D eigenvalue weighted by atomic mass is 10.2. The number of hydrazone groups is 2. The molecule has 10 heteroatoms. The monoisotopic (exact) mass is 386 g/mol. The second-order valence-corrected chi connectivity index (χ2v) is 5.54. The molecule has 0 saturated heterocycles. The zero-order chi connectivity index (χ0) is 20.5. The number of nitrogens with one attached hydrogen (secondary N) is 2. The normalized spacial score (nSPS) is 13.4. The summed E-state index contributed by atoms with van der Waals surface area (Å²) in [5, 5.41) is 44.9. The molecule has 10 nitrogen and oxygen atoms in total. The number of aliphatic hydroxyl groups excluding tert-OH is 2. The quantitative estimate of drug-likeness (QED) is 0.275. The van der Waals surface area contributed by atoms with Gasteiger partial charge in [-0.05, 0) is 59.7 Å². The van der Waals surface area contributed by atoms with Crippen molar-refractivity contribution in [2.24, 2.45) is 10.2 Å². The summed E-state index contributed by atoms with van der Waals surface area (Å²) in [6, 6.07) is 11.8. The first-order valence-electron chi connectivity index (χ1n) is 7.97. The van der Waals surface area contributed by atoms with Crippen LogP contribution in [0.1, 0.15) is 11.1 Å². The minimum Gasteiger partial charge on any atom is -0.508 e. The van der Waals surface area contributed by atoms with Gasteiger partial charge in [-0.1, -0.05) is 0 Å². The number of aromatic hydroxyl groups is 2. The van der Waals surface area contributed by atoms with Crippen molar-refractivity contribution in [1.82, 2.24) is 10.9 Å². The summed E-state index contributed by atoms with van der Waals surface area (Å²) in [5.41, 5.74) is 5.10. The molecule has 0 aliphatic carbocycles. The summed E-state index contributed by atoms with van der Waals surface area (Å²) in [4.78, 5) is 23.5. The Morgan fingerprint density at radius 3 is 1.36 bits per heavy atom. The second kappa shape index (κ2) is 9.80. The van der Waals surface area contributed by atoms with E-state index >= 15 is 0 Å². The third-order valence-electron chi connectivity index (χ3n) is 3.40. The van der Waals surface area contributed by atoms with Crippen LogP contribution in [0.2, 0.25) is 0 Å². The van der Waals surface area contributed by atoms with Crippen molar-refractivity contribution < 1.29 is 30.0 Å². The van der Waals surface area contributed by atoms with Gasteiger partial charge in [0.1, 0.15) is 11.5 Å². The summed E-state index contributed by atoms with van der Waals surface area (Å²) >= 11 is 0. The average molecular weight is 386 g/mol. The van der Waals surface area contributed by atoms with Gasteiger partial charge in [-0.2, -0.15) is 10.2 Å². The molecule has 2 aromatic rings. The van der Waals surface area contributed by atoms with Gasteiger partial charge in [0.25, 0.3) is 11.8 Å². The molecule has 146 valence electrons. The standard InChI is InChI=1S/C18H18N4O6/c23-13-5-1-11(2-6-13)9-19-21-17(27)15(25)16(26)18(28)22-20-10-12-3-7-14(24)8-4-12/h1-10,15-16,23-26H,(H,21,27)(H,22,28)/b19-9+,20-10+/t15-,16-/m1/s1. The fourth-order valence-electron chi connectivity index (χ4n) is 1.88. The molecule has 0 spiro atoms. The topological polar surface area (TPSA) is 164 Å². The van der Waals surface area contributed by atoms with E-state index < -0.39 is 24.0 Å². The maximum atomic E-state index is 11.7. The van der Waals surface area contributed by atoms with Crippen LogP contribution in [0.25, 0.3) is 0 Å².